The van der Waals surface area contributed by atoms with Gasteiger partial charge in [-0.05, 0) is 19.3 Å². The fourth-order valence-electron chi connectivity index (χ4n) is 2.41. The summed E-state index contributed by atoms with van der Waals surface area (Å²) in [6, 6.07) is 0. The second-order valence-electron chi connectivity index (χ2n) is 6.08. The van der Waals surface area contributed by atoms with E-state index in [0.29, 0.717) is 6.61 Å². The Morgan fingerprint density at radius 3 is 1.68 bits per heavy atom. The van der Waals surface area contributed by atoms with Crippen molar-refractivity contribution < 1.29 is 9.53 Å². The van der Waals surface area contributed by atoms with Crippen molar-refractivity contribution in [3.63, 3.8) is 0 Å². The zero-order valence-corrected chi connectivity index (χ0v) is 14.9. The summed E-state index contributed by atoms with van der Waals surface area (Å²) in [7, 11) is 0. The third kappa shape index (κ3) is 19.0. The standard InChI is InChI=1S/C20H36O2/c1-3-4-5-6-7-8-9-10-11-12-13-14-15-16-17-18-19-22-20(2)21/h3-9,12-19H2,1-2H3. The molecule has 0 aromatic carbocycles. The molecule has 0 amide bonds. The van der Waals surface area contributed by atoms with E-state index < -0.39 is 0 Å². The summed E-state index contributed by atoms with van der Waals surface area (Å²) in [4.78, 5) is 10.6. The van der Waals surface area contributed by atoms with Crippen LogP contribution < -0.4 is 0 Å². The Bertz CT molecular complexity index is 299. The first-order valence-electron chi connectivity index (χ1n) is 9.36. The molecule has 0 unspecified atom stereocenters. The first-order chi connectivity index (χ1) is 10.8. The summed E-state index contributed by atoms with van der Waals surface area (Å²) in [5.41, 5.74) is 0. The van der Waals surface area contributed by atoms with Crippen molar-refractivity contribution in [1.29, 1.82) is 0 Å². The smallest absolute Gasteiger partial charge is 0.302 e. The zero-order chi connectivity index (χ0) is 16.3. The molecule has 2 heteroatoms. The maximum Gasteiger partial charge on any atom is 0.302 e. The van der Waals surface area contributed by atoms with Crippen LogP contribution >= 0.6 is 0 Å². The van der Waals surface area contributed by atoms with E-state index in [1.54, 1.807) is 0 Å². The molecule has 0 spiro atoms. The molecule has 0 aliphatic rings. The highest BCUT2D eigenvalue weighted by molar-refractivity contribution is 5.65. The van der Waals surface area contributed by atoms with E-state index in [9.17, 15) is 4.79 Å². The normalized spacial score (nSPS) is 10.1. The lowest BCUT2D eigenvalue weighted by molar-refractivity contribution is -0.141. The van der Waals surface area contributed by atoms with Gasteiger partial charge in [-0.2, -0.15) is 0 Å². The van der Waals surface area contributed by atoms with E-state index in [0.717, 1.165) is 25.7 Å². The highest BCUT2D eigenvalue weighted by atomic mass is 16.5. The topological polar surface area (TPSA) is 26.3 Å². The fourth-order valence-corrected chi connectivity index (χ4v) is 2.41. The first kappa shape index (κ1) is 21.0. The highest BCUT2D eigenvalue weighted by Crippen LogP contribution is 2.08. The first-order valence-corrected chi connectivity index (χ1v) is 9.36. The summed E-state index contributed by atoms with van der Waals surface area (Å²) in [5, 5.41) is 0. The van der Waals surface area contributed by atoms with E-state index >= 15 is 0 Å². The zero-order valence-electron chi connectivity index (χ0n) is 14.9. The predicted octanol–water partition coefficient (Wildman–Crippen LogP) is 6.03. The van der Waals surface area contributed by atoms with Crippen molar-refractivity contribution in [3.8, 4) is 11.8 Å². The third-order valence-corrected chi connectivity index (χ3v) is 3.78. The summed E-state index contributed by atoms with van der Waals surface area (Å²) >= 11 is 0. The summed E-state index contributed by atoms with van der Waals surface area (Å²) in [6.07, 6.45) is 17.4. The number of rotatable bonds is 14. The van der Waals surface area contributed by atoms with Crippen molar-refractivity contribution >= 4 is 5.97 Å². The minimum absolute atomic E-state index is 0.167. The molecule has 0 aromatic heterocycles. The Balaban J connectivity index is 3.10. The van der Waals surface area contributed by atoms with Crippen molar-refractivity contribution in [1.82, 2.24) is 0 Å². The summed E-state index contributed by atoms with van der Waals surface area (Å²) in [5.74, 6) is 6.44. The lowest BCUT2D eigenvalue weighted by Crippen LogP contribution is -1.99. The van der Waals surface area contributed by atoms with Crippen LogP contribution in [0.1, 0.15) is 104 Å². The number of hydrogen-bond acceptors (Lipinski definition) is 2. The van der Waals surface area contributed by atoms with Crippen LogP contribution in [-0.4, -0.2) is 12.6 Å². The van der Waals surface area contributed by atoms with E-state index in [2.05, 4.69) is 18.8 Å². The molecule has 0 atom stereocenters. The Morgan fingerprint density at radius 1 is 0.727 bits per heavy atom. The Hall–Kier alpha value is -0.970. The molecule has 0 rings (SSSR count). The Kier molecular flexibility index (Phi) is 17.3. The quantitative estimate of drug-likeness (QED) is 0.222. The van der Waals surface area contributed by atoms with E-state index in [1.165, 1.54) is 71.1 Å². The average molecular weight is 309 g/mol. The molecule has 2 nitrogen and oxygen atoms in total. The van der Waals surface area contributed by atoms with Gasteiger partial charge in [-0.25, -0.2) is 0 Å². The third-order valence-electron chi connectivity index (χ3n) is 3.78. The molecular formula is C20H36O2. The summed E-state index contributed by atoms with van der Waals surface area (Å²) < 4.78 is 4.90. The van der Waals surface area contributed by atoms with Gasteiger partial charge in [0.25, 0.3) is 0 Å². The molecule has 0 heterocycles. The van der Waals surface area contributed by atoms with Crippen LogP contribution in [0.25, 0.3) is 0 Å². The predicted molar refractivity (Wildman–Crippen MR) is 94.7 cm³/mol. The largest absolute Gasteiger partial charge is 0.466 e. The van der Waals surface area contributed by atoms with Crippen LogP contribution in [0.3, 0.4) is 0 Å². The Labute approximate surface area is 138 Å². The molecule has 0 aliphatic heterocycles. The maximum atomic E-state index is 10.6. The van der Waals surface area contributed by atoms with Gasteiger partial charge in [-0.15, -0.1) is 11.8 Å². The van der Waals surface area contributed by atoms with Gasteiger partial charge in [-0.3, -0.25) is 4.79 Å². The minimum atomic E-state index is -0.167. The molecule has 0 N–H and O–H groups in total. The van der Waals surface area contributed by atoms with Gasteiger partial charge >= 0.3 is 5.97 Å². The van der Waals surface area contributed by atoms with Crippen LogP contribution in [0.5, 0.6) is 0 Å². The van der Waals surface area contributed by atoms with Crippen LogP contribution in [0.15, 0.2) is 0 Å². The van der Waals surface area contributed by atoms with Crippen molar-refractivity contribution in [2.24, 2.45) is 0 Å². The van der Waals surface area contributed by atoms with E-state index in [1.807, 2.05) is 0 Å². The van der Waals surface area contributed by atoms with Gasteiger partial charge in [0, 0.05) is 19.8 Å². The van der Waals surface area contributed by atoms with Crippen LogP contribution in [-0.2, 0) is 9.53 Å². The minimum Gasteiger partial charge on any atom is -0.466 e. The van der Waals surface area contributed by atoms with Gasteiger partial charge < -0.3 is 4.74 Å². The van der Waals surface area contributed by atoms with Crippen molar-refractivity contribution in [2.45, 2.75) is 104 Å². The highest BCUT2D eigenvalue weighted by Gasteiger charge is 1.94. The van der Waals surface area contributed by atoms with Crippen molar-refractivity contribution in [3.05, 3.63) is 0 Å². The van der Waals surface area contributed by atoms with Gasteiger partial charge in [0.05, 0.1) is 6.61 Å². The summed E-state index contributed by atoms with van der Waals surface area (Å²) in [6.45, 7) is 4.31. The number of unbranched alkanes of at least 4 members (excludes halogenated alkanes) is 12. The lowest BCUT2D eigenvalue weighted by atomic mass is 10.1. The van der Waals surface area contributed by atoms with Crippen LogP contribution in [0, 0.1) is 11.8 Å². The number of esters is 1. The molecule has 0 aromatic rings. The SMILES string of the molecule is CCCCCCCCC#CCCCCCCCCOC(C)=O. The number of hydrogen-bond donors (Lipinski definition) is 0. The molecule has 0 saturated carbocycles. The van der Waals surface area contributed by atoms with E-state index in [-0.39, 0.29) is 5.97 Å². The van der Waals surface area contributed by atoms with Crippen LogP contribution in [0.2, 0.25) is 0 Å². The number of carbonyl (C=O) groups excluding carboxylic acids is 1. The molecule has 0 aliphatic carbocycles. The average Bonchev–Trinajstić information content (AvgIpc) is 2.50. The van der Waals surface area contributed by atoms with Gasteiger partial charge in [0.2, 0.25) is 0 Å². The molecule has 128 valence electrons. The molecule has 22 heavy (non-hydrogen) atoms. The number of carbonyl (C=O) groups is 1. The fraction of sp³-hybridized carbons (Fsp3) is 0.850. The number of ether oxygens (including phenoxy) is 1. The lowest BCUT2D eigenvalue weighted by Gasteiger charge is -2.01. The van der Waals surface area contributed by atoms with Crippen molar-refractivity contribution in [2.75, 3.05) is 6.61 Å². The monoisotopic (exact) mass is 308 g/mol. The molecule has 0 bridgehead atoms. The van der Waals surface area contributed by atoms with Crippen LogP contribution in [0.4, 0.5) is 0 Å². The van der Waals surface area contributed by atoms with Gasteiger partial charge in [0.1, 0.15) is 0 Å². The molecule has 0 radical (unpaired) electrons. The molecule has 0 saturated heterocycles. The van der Waals surface area contributed by atoms with Gasteiger partial charge in [-0.1, -0.05) is 64.7 Å². The van der Waals surface area contributed by atoms with E-state index in [4.69, 9.17) is 4.74 Å². The van der Waals surface area contributed by atoms with Gasteiger partial charge in [0.15, 0.2) is 0 Å². The second-order valence-corrected chi connectivity index (χ2v) is 6.08. The molecular weight excluding hydrogens is 272 g/mol. The second kappa shape index (κ2) is 18.1. The Morgan fingerprint density at radius 2 is 1.18 bits per heavy atom. The maximum absolute atomic E-state index is 10.6. The molecule has 0 fully saturated rings.